The Morgan fingerprint density at radius 1 is 1.35 bits per heavy atom. The van der Waals surface area contributed by atoms with E-state index < -0.39 is 0 Å². The van der Waals surface area contributed by atoms with E-state index in [1.807, 2.05) is 12.1 Å². The molecule has 0 spiro atoms. The van der Waals surface area contributed by atoms with Crippen LogP contribution in [0.5, 0.6) is 11.5 Å². The molecule has 2 N–H and O–H groups in total. The highest BCUT2D eigenvalue weighted by molar-refractivity contribution is 5.70. The molecule has 1 heterocycles. The van der Waals surface area contributed by atoms with Gasteiger partial charge in [0.2, 0.25) is 0 Å². The Balaban J connectivity index is 2.17. The van der Waals surface area contributed by atoms with Gasteiger partial charge in [-0.15, -0.1) is 0 Å². The number of esters is 1. The molecule has 110 valence electrons. The Morgan fingerprint density at radius 2 is 2.05 bits per heavy atom. The predicted octanol–water partition coefficient (Wildman–Crippen LogP) is 2.05. The molecule has 0 aromatic heterocycles. The van der Waals surface area contributed by atoms with E-state index >= 15 is 0 Å². The first-order valence-electron chi connectivity index (χ1n) is 6.81. The molecule has 0 unspecified atom stereocenters. The van der Waals surface area contributed by atoms with Crippen molar-refractivity contribution in [3.05, 3.63) is 23.8 Å². The molecular formula is C15H21NO4. The lowest BCUT2D eigenvalue weighted by molar-refractivity contribution is -0.132. The largest absolute Gasteiger partial charge is 0.493 e. The average molecular weight is 279 g/mol. The lowest BCUT2D eigenvalue weighted by Gasteiger charge is -2.28. The van der Waals surface area contributed by atoms with Crippen LogP contribution in [0.25, 0.3) is 0 Å². The zero-order valence-corrected chi connectivity index (χ0v) is 11.9. The van der Waals surface area contributed by atoms with Crippen molar-refractivity contribution in [2.24, 2.45) is 11.7 Å². The first-order valence-corrected chi connectivity index (χ1v) is 6.81. The zero-order valence-electron chi connectivity index (χ0n) is 11.9. The van der Waals surface area contributed by atoms with E-state index in [1.54, 1.807) is 13.2 Å². The summed E-state index contributed by atoms with van der Waals surface area (Å²) in [7, 11) is 1.55. The molecule has 1 aliphatic heterocycles. The Kier molecular flexibility index (Phi) is 4.98. The number of hydrogen-bond donors (Lipinski definition) is 1. The fourth-order valence-corrected chi connectivity index (χ4v) is 2.48. The van der Waals surface area contributed by atoms with Crippen molar-refractivity contribution >= 4 is 5.97 Å². The summed E-state index contributed by atoms with van der Waals surface area (Å²) in [5, 5.41) is 0. The second-order valence-electron chi connectivity index (χ2n) is 4.98. The number of ether oxygens (including phenoxy) is 3. The highest BCUT2D eigenvalue weighted by Gasteiger charge is 2.23. The maximum atomic E-state index is 11.0. The van der Waals surface area contributed by atoms with E-state index in [-0.39, 0.29) is 12.0 Å². The molecule has 1 aromatic rings. The smallest absolute Gasteiger partial charge is 0.308 e. The maximum absolute atomic E-state index is 11.0. The van der Waals surface area contributed by atoms with Gasteiger partial charge in [-0.1, -0.05) is 6.07 Å². The molecule has 1 saturated heterocycles. The number of hydrogen-bond acceptors (Lipinski definition) is 5. The van der Waals surface area contributed by atoms with Crippen molar-refractivity contribution < 1.29 is 19.0 Å². The van der Waals surface area contributed by atoms with Crippen molar-refractivity contribution in [3.8, 4) is 11.5 Å². The van der Waals surface area contributed by atoms with E-state index in [2.05, 4.69) is 0 Å². The Bertz CT molecular complexity index is 469. The lowest BCUT2D eigenvalue weighted by Crippen LogP contribution is -2.27. The molecule has 1 aliphatic rings. The number of benzene rings is 1. The number of carbonyl (C=O) groups is 1. The van der Waals surface area contributed by atoms with E-state index in [1.165, 1.54) is 6.92 Å². The fourth-order valence-electron chi connectivity index (χ4n) is 2.48. The van der Waals surface area contributed by atoms with Crippen LogP contribution in [0.2, 0.25) is 0 Å². The van der Waals surface area contributed by atoms with Crippen LogP contribution in [0.15, 0.2) is 18.2 Å². The zero-order chi connectivity index (χ0) is 14.5. The van der Waals surface area contributed by atoms with Crippen molar-refractivity contribution in [2.45, 2.75) is 25.8 Å². The second kappa shape index (κ2) is 6.72. The quantitative estimate of drug-likeness (QED) is 0.674. The molecule has 0 amide bonds. The summed E-state index contributed by atoms with van der Waals surface area (Å²) in [6.07, 6.45) is 1.93. The van der Waals surface area contributed by atoms with Gasteiger partial charge in [0.1, 0.15) is 0 Å². The standard InChI is InChI=1S/C15H21NO4/c1-10(17)20-13-4-3-12(9-14(13)18-2)15(16)11-5-7-19-8-6-11/h3-4,9,11,15H,5-8,16H2,1-2H3/t15-/m1/s1. The highest BCUT2D eigenvalue weighted by atomic mass is 16.6. The van der Waals surface area contributed by atoms with Gasteiger partial charge in [0.15, 0.2) is 11.5 Å². The minimum Gasteiger partial charge on any atom is -0.493 e. The summed E-state index contributed by atoms with van der Waals surface area (Å²) >= 11 is 0. The summed E-state index contributed by atoms with van der Waals surface area (Å²) in [5.41, 5.74) is 7.32. The van der Waals surface area contributed by atoms with Crippen LogP contribution < -0.4 is 15.2 Å². The van der Waals surface area contributed by atoms with E-state index in [9.17, 15) is 4.79 Å². The summed E-state index contributed by atoms with van der Waals surface area (Å²) < 4.78 is 15.7. The molecule has 0 saturated carbocycles. The van der Waals surface area contributed by atoms with E-state index in [0.717, 1.165) is 31.6 Å². The number of methoxy groups -OCH3 is 1. The Hall–Kier alpha value is -1.59. The van der Waals surface area contributed by atoms with Crippen molar-refractivity contribution in [3.63, 3.8) is 0 Å². The molecule has 0 aliphatic carbocycles. The molecule has 0 bridgehead atoms. The molecule has 5 heteroatoms. The van der Waals surface area contributed by atoms with Crippen LogP contribution in [-0.4, -0.2) is 26.3 Å². The summed E-state index contributed by atoms with van der Waals surface area (Å²) in [6.45, 7) is 2.89. The molecule has 1 atom stereocenters. The van der Waals surface area contributed by atoms with Crippen LogP contribution in [0.3, 0.4) is 0 Å². The Morgan fingerprint density at radius 3 is 2.65 bits per heavy atom. The van der Waals surface area contributed by atoms with E-state index in [0.29, 0.717) is 17.4 Å². The van der Waals surface area contributed by atoms with Gasteiger partial charge < -0.3 is 19.9 Å². The minimum atomic E-state index is -0.371. The molecular weight excluding hydrogens is 258 g/mol. The van der Waals surface area contributed by atoms with Crippen LogP contribution >= 0.6 is 0 Å². The number of nitrogens with two attached hydrogens (primary N) is 1. The lowest BCUT2D eigenvalue weighted by atomic mass is 9.88. The van der Waals surface area contributed by atoms with Crippen molar-refractivity contribution in [1.82, 2.24) is 0 Å². The number of rotatable bonds is 4. The van der Waals surface area contributed by atoms with Gasteiger partial charge in [0.05, 0.1) is 7.11 Å². The van der Waals surface area contributed by atoms with Gasteiger partial charge in [-0.2, -0.15) is 0 Å². The topological polar surface area (TPSA) is 70.8 Å². The number of carbonyl (C=O) groups excluding carboxylic acids is 1. The highest BCUT2D eigenvalue weighted by Crippen LogP contribution is 2.34. The summed E-state index contributed by atoms with van der Waals surface area (Å²) in [4.78, 5) is 11.0. The Labute approximate surface area is 119 Å². The fraction of sp³-hybridized carbons (Fsp3) is 0.533. The molecule has 2 rings (SSSR count). The predicted molar refractivity (Wildman–Crippen MR) is 74.8 cm³/mol. The van der Waals surface area contributed by atoms with Gasteiger partial charge in [0, 0.05) is 26.2 Å². The second-order valence-corrected chi connectivity index (χ2v) is 4.98. The monoisotopic (exact) mass is 279 g/mol. The third kappa shape index (κ3) is 3.49. The SMILES string of the molecule is COc1cc([C@H](N)C2CCOCC2)ccc1OC(C)=O. The van der Waals surface area contributed by atoms with Crippen molar-refractivity contribution in [1.29, 1.82) is 0 Å². The van der Waals surface area contributed by atoms with Gasteiger partial charge in [-0.3, -0.25) is 4.79 Å². The van der Waals surface area contributed by atoms with E-state index in [4.69, 9.17) is 19.9 Å². The molecule has 1 aromatic carbocycles. The molecule has 20 heavy (non-hydrogen) atoms. The van der Waals surface area contributed by atoms with Crippen molar-refractivity contribution in [2.75, 3.05) is 20.3 Å². The normalized spacial score (nSPS) is 17.6. The molecule has 0 radical (unpaired) electrons. The van der Waals surface area contributed by atoms with Gasteiger partial charge in [-0.05, 0) is 36.5 Å². The molecule has 1 fully saturated rings. The molecule has 5 nitrogen and oxygen atoms in total. The minimum absolute atomic E-state index is 0.0563. The third-order valence-electron chi connectivity index (χ3n) is 3.60. The van der Waals surface area contributed by atoms with Gasteiger partial charge >= 0.3 is 5.97 Å². The van der Waals surface area contributed by atoms with Crippen LogP contribution in [0.4, 0.5) is 0 Å². The van der Waals surface area contributed by atoms with Crippen LogP contribution in [-0.2, 0) is 9.53 Å². The van der Waals surface area contributed by atoms with Gasteiger partial charge in [-0.25, -0.2) is 0 Å². The maximum Gasteiger partial charge on any atom is 0.308 e. The van der Waals surface area contributed by atoms with Crippen LogP contribution in [0, 0.1) is 5.92 Å². The average Bonchev–Trinajstić information content (AvgIpc) is 2.47. The summed E-state index contributed by atoms with van der Waals surface area (Å²) in [5.74, 6) is 0.987. The first-order chi connectivity index (χ1) is 9.61. The third-order valence-corrected chi connectivity index (χ3v) is 3.60. The van der Waals surface area contributed by atoms with Gasteiger partial charge in [0.25, 0.3) is 0 Å². The first kappa shape index (κ1) is 14.8. The van der Waals surface area contributed by atoms with Crippen LogP contribution in [0.1, 0.15) is 31.4 Å². The summed E-state index contributed by atoms with van der Waals surface area (Å²) in [6, 6.07) is 5.41.